The summed E-state index contributed by atoms with van der Waals surface area (Å²) in [5, 5.41) is 16.1. The smallest absolute Gasteiger partial charge is 0.179 e. The Balaban J connectivity index is 1.73. The van der Waals surface area contributed by atoms with Gasteiger partial charge in [-0.2, -0.15) is 4.80 Å². The Hall–Kier alpha value is -1.75. The number of hydrogen-bond donors (Lipinski definition) is 1. The summed E-state index contributed by atoms with van der Waals surface area (Å²) in [5.41, 5.74) is 2.47. The lowest BCUT2D eigenvalue weighted by Crippen LogP contribution is -2.09. The van der Waals surface area contributed by atoms with Crippen molar-refractivity contribution in [1.82, 2.24) is 25.5 Å². The second kappa shape index (κ2) is 4.86. The molecule has 3 rings (SSSR count). The first kappa shape index (κ1) is 11.3. The fourth-order valence-corrected chi connectivity index (χ4v) is 2.33. The van der Waals surface area contributed by atoms with Gasteiger partial charge in [-0.05, 0) is 30.7 Å². The van der Waals surface area contributed by atoms with Gasteiger partial charge in [0.25, 0.3) is 0 Å². The number of benzene rings is 1. The van der Waals surface area contributed by atoms with Gasteiger partial charge in [-0.3, -0.25) is 0 Å². The Bertz CT molecular complexity index is 528. The molecule has 0 radical (unpaired) electrons. The van der Waals surface area contributed by atoms with Crippen LogP contribution in [0.3, 0.4) is 0 Å². The van der Waals surface area contributed by atoms with Crippen LogP contribution >= 0.6 is 0 Å². The van der Waals surface area contributed by atoms with Crippen molar-refractivity contribution < 1.29 is 0 Å². The van der Waals surface area contributed by atoms with E-state index in [1.807, 2.05) is 0 Å². The molecular weight excluding hydrogens is 226 g/mol. The van der Waals surface area contributed by atoms with Gasteiger partial charge in [0.05, 0.1) is 6.54 Å². The molecule has 1 aliphatic rings. The van der Waals surface area contributed by atoms with Crippen LogP contribution in [-0.4, -0.2) is 33.3 Å². The molecule has 1 aromatic heterocycles. The third-order valence-corrected chi connectivity index (χ3v) is 3.30. The van der Waals surface area contributed by atoms with Crippen molar-refractivity contribution in [2.24, 2.45) is 0 Å². The number of nitrogens with one attached hydrogen (secondary N) is 1. The maximum atomic E-state index is 4.47. The summed E-state index contributed by atoms with van der Waals surface area (Å²) in [6.07, 6.45) is 1.11. The highest BCUT2D eigenvalue weighted by molar-refractivity contribution is 5.22. The number of aromatic nitrogens is 4. The molecule has 1 atom stereocenters. The molecule has 1 aromatic carbocycles. The van der Waals surface area contributed by atoms with Crippen LogP contribution in [0.2, 0.25) is 0 Å². The lowest BCUT2D eigenvalue weighted by atomic mass is 10.1. The molecule has 0 aliphatic carbocycles. The molecule has 5 nitrogen and oxygen atoms in total. The second-order valence-corrected chi connectivity index (χ2v) is 4.86. The van der Waals surface area contributed by atoms with Crippen LogP contribution in [0.25, 0.3) is 0 Å². The largest absolute Gasteiger partial charge is 0.316 e. The van der Waals surface area contributed by atoms with E-state index in [0.29, 0.717) is 12.5 Å². The van der Waals surface area contributed by atoms with E-state index in [4.69, 9.17) is 0 Å². The summed E-state index contributed by atoms with van der Waals surface area (Å²) < 4.78 is 0. The standard InChI is InChI=1S/C13H17N5/c1-10-3-2-4-11(7-10)9-18-16-13(15-17-18)12-5-6-14-8-12/h2-4,7,12,14H,5-6,8-9H2,1H3. The van der Waals surface area contributed by atoms with Crippen molar-refractivity contribution in [1.29, 1.82) is 0 Å². The Morgan fingerprint density at radius 1 is 1.44 bits per heavy atom. The second-order valence-electron chi connectivity index (χ2n) is 4.86. The first-order valence-corrected chi connectivity index (χ1v) is 6.35. The molecule has 0 bridgehead atoms. The topological polar surface area (TPSA) is 55.6 Å². The highest BCUT2D eigenvalue weighted by atomic mass is 15.6. The highest BCUT2D eigenvalue weighted by Crippen LogP contribution is 2.17. The van der Waals surface area contributed by atoms with Crippen molar-refractivity contribution in [2.75, 3.05) is 13.1 Å². The van der Waals surface area contributed by atoms with Crippen LogP contribution < -0.4 is 5.32 Å². The molecule has 0 amide bonds. The fourth-order valence-electron chi connectivity index (χ4n) is 2.33. The molecule has 1 unspecified atom stereocenters. The lowest BCUT2D eigenvalue weighted by Gasteiger charge is -2.02. The fraction of sp³-hybridized carbons (Fsp3) is 0.462. The van der Waals surface area contributed by atoms with Crippen molar-refractivity contribution >= 4 is 0 Å². The summed E-state index contributed by atoms with van der Waals surface area (Å²) in [5.74, 6) is 1.30. The van der Waals surface area contributed by atoms with Crippen LogP contribution in [0.15, 0.2) is 24.3 Å². The van der Waals surface area contributed by atoms with E-state index in [0.717, 1.165) is 25.3 Å². The molecule has 1 saturated heterocycles. The van der Waals surface area contributed by atoms with Crippen LogP contribution in [0.4, 0.5) is 0 Å². The first-order valence-electron chi connectivity index (χ1n) is 6.35. The number of tetrazole rings is 1. The summed E-state index contributed by atoms with van der Waals surface area (Å²) in [6, 6.07) is 8.39. The molecule has 2 heterocycles. The van der Waals surface area contributed by atoms with Gasteiger partial charge in [-0.1, -0.05) is 29.8 Å². The summed E-state index contributed by atoms with van der Waals surface area (Å²) in [4.78, 5) is 1.68. The molecule has 5 heteroatoms. The van der Waals surface area contributed by atoms with E-state index in [2.05, 4.69) is 51.9 Å². The Morgan fingerprint density at radius 3 is 3.17 bits per heavy atom. The minimum atomic E-state index is 0.427. The van der Waals surface area contributed by atoms with Gasteiger partial charge >= 0.3 is 0 Å². The monoisotopic (exact) mass is 243 g/mol. The molecule has 1 fully saturated rings. The Morgan fingerprint density at radius 2 is 2.39 bits per heavy atom. The van der Waals surface area contributed by atoms with E-state index in [1.54, 1.807) is 4.80 Å². The summed E-state index contributed by atoms with van der Waals surface area (Å²) in [7, 11) is 0. The maximum absolute atomic E-state index is 4.47. The minimum Gasteiger partial charge on any atom is -0.316 e. The van der Waals surface area contributed by atoms with Gasteiger partial charge in [0.15, 0.2) is 5.82 Å². The molecule has 0 spiro atoms. The van der Waals surface area contributed by atoms with Gasteiger partial charge in [0, 0.05) is 12.5 Å². The summed E-state index contributed by atoms with van der Waals surface area (Å²) >= 11 is 0. The zero-order chi connectivity index (χ0) is 12.4. The van der Waals surface area contributed by atoms with Crippen molar-refractivity contribution in [3.05, 3.63) is 41.2 Å². The van der Waals surface area contributed by atoms with E-state index in [1.165, 1.54) is 11.1 Å². The molecule has 94 valence electrons. The number of nitrogens with zero attached hydrogens (tertiary/aromatic N) is 4. The van der Waals surface area contributed by atoms with Crippen molar-refractivity contribution in [3.8, 4) is 0 Å². The molecule has 2 aromatic rings. The number of hydrogen-bond acceptors (Lipinski definition) is 4. The van der Waals surface area contributed by atoms with Gasteiger partial charge in [-0.25, -0.2) is 0 Å². The third kappa shape index (κ3) is 2.41. The predicted molar refractivity (Wildman–Crippen MR) is 68.3 cm³/mol. The Kier molecular flexibility index (Phi) is 3.06. The summed E-state index contributed by atoms with van der Waals surface area (Å²) in [6.45, 7) is 4.80. The average molecular weight is 243 g/mol. The van der Waals surface area contributed by atoms with Gasteiger partial charge in [0.2, 0.25) is 0 Å². The molecule has 1 aliphatic heterocycles. The zero-order valence-corrected chi connectivity index (χ0v) is 10.5. The number of rotatable bonds is 3. The SMILES string of the molecule is Cc1cccc(Cn2nnc(C3CCNC3)n2)c1. The van der Waals surface area contributed by atoms with E-state index >= 15 is 0 Å². The van der Waals surface area contributed by atoms with E-state index < -0.39 is 0 Å². The first-order chi connectivity index (χ1) is 8.81. The maximum Gasteiger partial charge on any atom is 0.179 e. The van der Waals surface area contributed by atoms with E-state index in [9.17, 15) is 0 Å². The molecule has 18 heavy (non-hydrogen) atoms. The Labute approximate surface area is 106 Å². The molecule has 0 saturated carbocycles. The quantitative estimate of drug-likeness (QED) is 0.877. The normalized spacial score (nSPS) is 19.3. The van der Waals surface area contributed by atoms with Crippen LogP contribution in [0, 0.1) is 6.92 Å². The lowest BCUT2D eigenvalue weighted by molar-refractivity contribution is 0.566. The van der Waals surface area contributed by atoms with Crippen molar-refractivity contribution in [2.45, 2.75) is 25.8 Å². The zero-order valence-electron chi connectivity index (χ0n) is 10.5. The van der Waals surface area contributed by atoms with E-state index in [-0.39, 0.29) is 0 Å². The third-order valence-electron chi connectivity index (χ3n) is 3.30. The van der Waals surface area contributed by atoms with Crippen LogP contribution in [-0.2, 0) is 6.54 Å². The highest BCUT2D eigenvalue weighted by Gasteiger charge is 2.21. The molecular formula is C13H17N5. The minimum absolute atomic E-state index is 0.427. The predicted octanol–water partition coefficient (Wildman–Crippen LogP) is 1.11. The van der Waals surface area contributed by atoms with Crippen LogP contribution in [0.1, 0.15) is 29.3 Å². The van der Waals surface area contributed by atoms with Crippen molar-refractivity contribution in [3.63, 3.8) is 0 Å². The molecule has 1 N–H and O–H groups in total. The average Bonchev–Trinajstić information content (AvgIpc) is 2.98. The van der Waals surface area contributed by atoms with Gasteiger partial charge in [-0.15, -0.1) is 10.2 Å². The van der Waals surface area contributed by atoms with Gasteiger partial charge < -0.3 is 5.32 Å². The van der Waals surface area contributed by atoms with Gasteiger partial charge in [0.1, 0.15) is 0 Å². The van der Waals surface area contributed by atoms with Crippen LogP contribution in [0.5, 0.6) is 0 Å². The number of aryl methyl sites for hydroxylation is 1.